The van der Waals surface area contributed by atoms with Crippen molar-refractivity contribution in [3.8, 4) is 0 Å². The molecular weight excluding hydrogens is 247 g/mol. The Balaban J connectivity index is 2.29. The van der Waals surface area contributed by atoms with Gasteiger partial charge in [0.05, 0.1) is 27.2 Å². The van der Waals surface area contributed by atoms with Crippen LogP contribution in [0.2, 0.25) is 10.0 Å². The van der Waals surface area contributed by atoms with Crippen LogP contribution < -0.4 is 0 Å². The van der Waals surface area contributed by atoms with Crippen molar-refractivity contribution in [3.63, 3.8) is 0 Å². The zero-order valence-corrected chi connectivity index (χ0v) is 10.6. The lowest BCUT2D eigenvalue weighted by molar-refractivity contribution is 0.0618. The molecule has 5 heteroatoms. The molecule has 1 aromatic heterocycles. The van der Waals surface area contributed by atoms with Crippen LogP contribution in [0.4, 0.5) is 0 Å². The van der Waals surface area contributed by atoms with Crippen molar-refractivity contribution in [1.82, 2.24) is 9.97 Å². The Morgan fingerprint density at radius 1 is 1.31 bits per heavy atom. The van der Waals surface area contributed by atoms with E-state index in [4.69, 9.17) is 27.9 Å². The smallest absolute Gasteiger partial charge is 0.133 e. The van der Waals surface area contributed by atoms with Crippen molar-refractivity contribution < 1.29 is 4.74 Å². The van der Waals surface area contributed by atoms with Gasteiger partial charge in [0.25, 0.3) is 0 Å². The van der Waals surface area contributed by atoms with E-state index < -0.39 is 0 Å². The second-order valence-corrected chi connectivity index (χ2v) is 4.64. The van der Waals surface area contributed by atoms with E-state index in [9.17, 15) is 0 Å². The monoisotopic (exact) mass is 258 g/mol. The summed E-state index contributed by atoms with van der Waals surface area (Å²) >= 11 is 11.8. The molecule has 2 rings (SSSR count). The van der Waals surface area contributed by atoms with Gasteiger partial charge in [0.2, 0.25) is 0 Å². The first-order valence-electron chi connectivity index (χ1n) is 5.01. The SMILES string of the molecule is CC(C)OCc1nc2cc(Cl)c(Cl)cc2[nH]1. The largest absolute Gasteiger partial charge is 0.371 e. The van der Waals surface area contributed by atoms with Gasteiger partial charge >= 0.3 is 0 Å². The number of imidazole rings is 1. The lowest BCUT2D eigenvalue weighted by Crippen LogP contribution is -2.03. The molecule has 0 aliphatic rings. The maximum atomic E-state index is 5.91. The van der Waals surface area contributed by atoms with Crippen LogP contribution in [0, 0.1) is 0 Å². The molecule has 0 fully saturated rings. The van der Waals surface area contributed by atoms with Crippen LogP contribution in [0.5, 0.6) is 0 Å². The van der Waals surface area contributed by atoms with Gasteiger partial charge in [0, 0.05) is 0 Å². The Morgan fingerprint density at radius 3 is 2.69 bits per heavy atom. The maximum absolute atomic E-state index is 5.91. The Kier molecular flexibility index (Phi) is 3.38. The third-order valence-corrected chi connectivity index (χ3v) is 2.85. The summed E-state index contributed by atoms with van der Waals surface area (Å²) in [5.74, 6) is 0.780. The minimum atomic E-state index is 0.181. The number of hydrogen-bond donors (Lipinski definition) is 1. The van der Waals surface area contributed by atoms with Gasteiger partial charge in [-0.25, -0.2) is 4.98 Å². The first-order valence-corrected chi connectivity index (χ1v) is 5.77. The highest BCUT2D eigenvalue weighted by Gasteiger charge is 2.07. The molecule has 16 heavy (non-hydrogen) atoms. The van der Waals surface area contributed by atoms with Crippen LogP contribution in [-0.4, -0.2) is 16.1 Å². The standard InChI is InChI=1S/C11H12Cl2N2O/c1-6(2)16-5-11-14-9-3-7(12)8(13)4-10(9)15-11/h3-4,6H,5H2,1-2H3,(H,14,15). The summed E-state index contributed by atoms with van der Waals surface area (Å²) in [6.07, 6.45) is 0.181. The lowest BCUT2D eigenvalue weighted by Gasteiger charge is -2.03. The quantitative estimate of drug-likeness (QED) is 0.910. The number of fused-ring (bicyclic) bond motifs is 1. The lowest BCUT2D eigenvalue weighted by atomic mass is 10.3. The Labute approximate surface area is 104 Å². The van der Waals surface area contributed by atoms with Crippen molar-refractivity contribution in [1.29, 1.82) is 0 Å². The van der Waals surface area contributed by atoms with E-state index in [0.29, 0.717) is 16.7 Å². The average molecular weight is 259 g/mol. The summed E-state index contributed by atoms with van der Waals surface area (Å²) in [7, 11) is 0. The summed E-state index contributed by atoms with van der Waals surface area (Å²) in [5.41, 5.74) is 1.67. The molecule has 0 bridgehead atoms. The predicted octanol–water partition coefficient (Wildman–Crippen LogP) is 3.79. The molecule has 86 valence electrons. The molecule has 1 N–H and O–H groups in total. The van der Waals surface area contributed by atoms with Crippen LogP contribution >= 0.6 is 23.2 Å². The van der Waals surface area contributed by atoms with E-state index in [1.807, 2.05) is 13.8 Å². The third-order valence-electron chi connectivity index (χ3n) is 2.13. The number of hydrogen-bond acceptors (Lipinski definition) is 2. The van der Waals surface area contributed by atoms with E-state index >= 15 is 0 Å². The molecule has 0 atom stereocenters. The number of ether oxygens (including phenoxy) is 1. The Morgan fingerprint density at radius 2 is 2.00 bits per heavy atom. The van der Waals surface area contributed by atoms with E-state index in [1.54, 1.807) is 12.1 Å². The predicted molar refractivity (Wildman–Crippen MR) is 66.0 cm³/mol. The number of aromatic amines is 1. The second kappa shape index (κ2) is 4.62. The maximum Gasteiger partial charge on any atom is 0.133 e. The number of H-pyrrole nitrogens is 1. The summed E-state index contributed by atoms with van der Waals surface area (Å²) in [6.45, 7) is 4.42. The molecule has 3 nitrogen and oxygen atoms in total. The second-order valence-electron chi connectivity index (χ2n) is 3.83. The molecule has 0 aliphatic heterocycles. The summed E-state index contributed by atoms with van der Waals surface area (Å²) in [5, 5.41) is 1.03. The molecule has 2 aromatic rings. The molecule has 1 heterocycles. The number of halogens is 2. The van der Waals surface area contributed by atoms with Crippen LogP contribution in [0.3, 0.4) is 0 Å². The Hall–Kier alpha value is -0.770. The highest BCUT2D eigenvalue weighted by atomic mass is 35.5. The van der Waals surface area contributed by atoms with Crippen molar-refractivity contribution >= 4 is 34.2 Å². The number of aromatic nitrogens is 2. The molecular formula is C11H12Cl2N2O. The Bertz CT molecular complexity index is 469. The topological polar surface area (TPSA) is 37.9 Å². The van der Waals surface area contributed by atoms with Gasteiger partial charge in [0.1, 0.15) is 12.4 Å². The highest BCUT2D eigenvalue weighted by molar-refractivity contribution is 6.42. The van der Waals surface area contributed by atoms with Crippen LogP contribution in [0.25, 0.3) is 11.0 Å². The van der Waals surface area contributed by atoms with Gasteiger partial charge in [-0.05, 0) is 26.0 Å². The van der Waals surface area contributed by atoms with Crippen molar-refractivity contribution in [2.24, 2.45) is 0 Å². The third kappa shape index (κ3) is 2.48. The minimum Gasteiger partial charge on any atom is -0.371 e. The molecule has 0 radical (unpaired) electrons. The molecule has 0 saturated heterocycles. The zero-order chi connectivity index (χ0) is 11.7. The minimum absolute atomic E-state index is 0.181. The first kappa shape index (κ1) is 11.7. The van der Waals surface area contributed by atoms with E-state index in [1.165, 1.54) is 0 Å². The van der Waals surface area contributed by atoms with Gasteiger partial charge in [-0.2, -0.15) is 0 Å². The van der Waals surface area contributed by atoms with E-state index in [-0.39, 0.29) is 6.10 Å². The molecule has 0 saturated carbocycles. The van der Waals surface area contributed by atoms with Crippen molar-refractivity contribution in [2.75, 3.05) is 0 Å². The van der Waals surface area contributed by atoms with Crippen LogP contribution in [-0.2, 0) is 11.3 Å². The van der Waals surface area contributed by atoms with Crippen LogP contribution in [0.15, 0.2) is 12.1 Å². The number of nitrogens with zero attached hydrogens (tertiary/aromatic N) is 1. The van der Waals surface area contributed by atoms with E-state index in [0.717, 1.165) is 16.9 Å². The highest BCUT2D eigenvalue weighted by Crippen LogP contribution is 2.26. The number of nitrogens with one attached hydrogen (secondary N) is 1. The fraction of sp³-hybridized carbons (Fsp3) is 0.364. The average Bonchev–Trinajstić information content (AvgIpc) is 2.58. The molecule has 0 aliphatic carbocycles. The van der Waals surface area contributed by atoms with Gasteiger partial charge < -0.3 is 9.72 Å². The van der Waals surface area contributed by atoms with Gasteiger partial charge in [-0.1, -0.05) is 23.2 Å². The fourth-order valence-corrected chi connectivity index (χ4v) is 1.69. The molecule has 0 unspecified atom stereocenters. The summed E-state index contributed by atoms with van der Waals surface area (Å²) < 4.78 is 5.46. The number of benzene rings is 1. The summed E-state index contributed by atoms with van der Waals surface area (Å²) in [6, 6.07) is 3.51. The van der Waals surface area contributed by atoms with Gasteiger partial charge in [-0.3, -0.25) is 0 Å². The first-order chi connectivity index (χ1) is 7.56. The molecule has 0 amide bonds. The van der Waals surface area contributed by atoms with Gasteiger partial charge in [-0.15, -0.1) is 0 Å². The fourth-order valence-electron chi connectivity index (χ4n) is 1.37. The van der Waals surface area contributed by atoms with Crippen LogP contribution in [0.1, 0.15) is 19.7 Å². The van der Waals surface area contributed by atoms with Crippen molar-refractivity contribution in [2.45, 2.75) is 26.6 Å². The van der Waals surface area contributed by atoms with Crippen molar-refractivity contribution in [3.05, 3.63) is 28.0 Å². The van der Waals surface area contributed by atoms with Gasteiger partial charge in [0.15, 0.2) is 0 Å². The van der Waals surface area contributed by atoms with E-state index in [2.05, 4.69) is 9.97 Å². The molecule has 0 spiro atoms. The zero-order valence-electron chi connectivity index (χ0n) is 9.05. The summed E-state index contributed by atoms with van der Waals surface area (Å²) in [4.78, 5) is 7.50. The molecule has 1 aromatic carbocycles. The normalized spacial score (nSPS) is 11.6. The number of rotatable bonds is 3.